The Bertz CT molecular complexity index is 302. The fraction of sp³-hybridized carbons (Fsp3) is 0.941. The van der Waals surface area contributed by atoms with Crippen LogP contribution in [0.1, 0.15) is 52.9 Å². The highest BCUT2D eigenvalue weighted by Gasteiger charge is 2.32. The molecule has 2 fully saturated rings. The van der Waals surface area contributed by atoms with E-state index in [1.165, 1.54) is 32.1 Å². The summed E-state index contributed by atoms with van der Waals surface area (Å²) in [5.74, 6) is 0.999. The summed E-state index contributed by atoms with van der Waals surface area (Å²) in [4.78, 5) is 16.7. The first-order chi connectivity index (χ1) is 10.1. The maximum atomic E-state index is 12.0. The van der Waals surface area contributed by atoms with Crippen molar-refractivity contribution >= 4 is 5.91 Å². The number of carbonyl (C=O) groups excluding carboxylic acids is 1. The van der Waals surface area contributed by atoms with E-state index in [-0.39, 0.29) is 5.91 Å². The van der Waals surface area contributed by atoms with Gasteiger partial charge in [-0.2, -0.15) is 0 Å². The normalized spacial score (nSPS) is 23.2. The van der Waals surface area contributed by atoms with Gasteiger partial charge >= 0.3 is 0 Å². The van der Waals surface area contributed by atoms with Crippen molar-refractivity contribution in [3.8, 4) is 0 Å². The van der Waals surface area contributed by atoms with Crippen molar-refractivity contribution < 1.29 is 4.79 Å². The molecule has 1 saturated heterocycles. The summed E-state index contributed by atoms with van der Waals surface area (Å²) in [6.45, 7) is 11.3. The largest absolute Gasteiger partial charge is 0.339 e. The van der Waals surface area contributed by atoms with Gasteiger partial charge in [0.05, 0.1) is 0 Å². The van der Waals surface area contributed by atoms with Gasteiger partial charge in [0.1, 0.15) is 0 Å². The molecule has 0 aromatic rings. The van der Waals surface area contributed by atoms with E-state index in [4.69, 9.17) is 0 Å². The second-order valence-corrected chi connectivity index (χ2v) is 7.02. The number of piperazine rings is 1. The van der Waals surface area contributed by atoms with E-state index in [1.807, 2.05) is 0 Å². The fourth-order valence-corrected chi connectivity index (χ4v) is 4.00. The monoisotopic (exact) mass is 295 g/mol. The Morgan fingerprint density at radius 3 is 2.33 bits per heavy atom. The average Bonchev–Trinajstić information content (AvgIpc) is 2.49. The zero-order valence-electron chi connectivity index (χ0n) is 14.1. The van der Waals surface area contributed by atoms with Crippen LogP contribution in [0.15, 0.2) is 0 Å². The molecule has 1 heterocycles. The van der Waals surface area contributed by atoms with Gasteiger partial charge in [-0.1, -0.05) is 19.3 Å². The molecule has 0 aromatic carbocycles. The van der Waals surface area contributed by atoms with Crippen LogP contribution in [0.2, 0.25) is 0 Å². The molecule has 4 heteroatoms. The standard InChI is InChI=1S/C17H33N3O/c1-14(2)20(15(3)21)13-17(16-7-5-4-6-8-16)19-11-9-18-10-12-19/h14,16-18H,4-13H2,1-3H3. The van der Waals surface area contributed by atoms with Gasteiger partial charge in [0.25, 0.3) is 0 Å². The summed E-state index contributed by atoms with van der Waals surface area (Å²) in [5, 5.41) is 3.45. The average molecular weight is 295 g/mol. The Balaban J connectivity index is 2.07. The third kappa shape index (κ3) is 4.68. The summed E-state index contributed by atoms with van der Waals surface area (Å²) in [6, 6.07) is 0.857. The zero-order valence-corrected chi connectivity index (χ0v) is 14.1. The van der Waals surface area contributed by atoms with Crippen LogP contribution >= 0.6 is 0 Å². The van der Waals surface area contributed by atoms with E-state index in [0.717, 1.165) is 38.6 Å². The van der Waals surface area contributed by atoms with E-state index in [2.05, 4.69) is 29.0 Å². The lowest BCUT2D eigenvalue weighted by Gasteiger charge is -2.43. The van der Waals surface area contributed by atoms with Gasteiger partial charge < -0.3 is 10.2 Å². The topological polar surface area (TPSA) is 35.6 Å². The smallest absolute Gasteiger partial charge is 0.219 e. The Morgan fingerprint density at radius 2 is 1.81 bits per heavy atom. The van der Waals surface area contributed by atoms with Crippen LogP contribution in [0.5, 0.6) is 0 Å². The number of amides is 1. The highest BCUT2D eigenvalue weighted by molar-refractivity contribution is 5.73. The second kappa shape index (κ2) is 8.14. The van der Waals surface area contributed by atoms with Crippen LogP contribution in [0, 0.1) is 5.92 Å². The Labute approximate surface area is 130 Å². The van der Waals surface area contributed by atoms with Crippen LogP contribution in [-0.2, 0) is 4.79 Å². The minimum atomic E-state index is 0.223. The minimum Gasteiger partial charge on any atom is -0.339 e. The number of carbonyl (C=O) groups is 1. The lowest BCUT2D eigenvalue weighted by molar-refractivity contribution is -0.132. The zero-order chi connectivity index (χ0) is 15.2. The number of hydrogen-bond donors (Lipinski definition) is 1. The third-order valence-corrected chi connectivity index (χ3v) is 5.23. The number of rotatable bonds is 5. The van der Waals surface area contributed by atoms with Crippen molar-refractivity contribution in [3.63, 3.8) is 0 Å². The quantitative estimate of drug-likeness (QED) is 0.844. The Hall–Kier alpha value is -0.610. The molecule has 0 radical (unpaired) electrons. The molecule has 0 bridgehead atoms. The maximum absolute atomic E-state index is 12.0. The van der Waals surface area contributed by atoms with Crippen LogP contribution in [0.25, 0.3) is 0 Å². The molecule has 1 atom stereocenters. The fourth-order valence-electron chi connectivity index (χ4n) is 4.00. The molecule has 2 rings (SSSR count). The number of nitrogens with one attached hydrogen (secondary N) is 1. The Kier molecular flexibility index (Phi) is 6.49. The van der Waals surface area contributed by atoms with E-state index < -0.39 is 0 Å². The molecule has 1 aliphatic carbocycles. The predicted molar refractivity (Wildman–Crippen MR) is 87.3 cm³/mol. The van der Waals surface area contributed by atoms with Crippen LogP contribution in [0.4, 0.5) is 0 Å². The van der Waals surface area contributed by atoms with Crippen LogP contribution in [0.3, 0.4) is 0 Å². The summed E-state index contributed by atoms with van der Waals surface area (Å²) in [5.41, 5.74) is 0. The molecule has 1 saturated carbocycles. The van der Waals surface area contributed by atoms with Gasteiger partial charge in [0.2, 0.25) is 5.91 Å². The van der Waals surface area contributed by atoms with Crippen molar-refractivity contribution in [2.24, 2.45) is 5.92 Å². The van der Waals surface area contributed by atoms with E-state index >= 15 is 0 Å². The van der Waals surface area contributed by atoms with Gasteiger partial charge in [0.15, 0.2) is 0 Å². The molecule has 2 aliphatic rings. The molecule has 0 spiro atoms. The molecule has 4 nitrogen and oxygen atoms in total. The maximum Gasteiger partial charge on any atom is 0.219 e. The van der Waals surface area contributed by atoms with Crippen molar-refractivity contribution in [2.45, 2.75) is 65.0 Å². The van der Waals surface area contributed by atoms with Crippen molar-refractivity contribution in [3.05, 3.63) is 0 Å². The predicted octanol–water partition coefficient (Wildman–Crippen LogP) is 2.10. The molecule has 1 unspecified atom stereocenters. The van der Waals surface area contributed by atoms with Crippen LogP contribution in [-0.4, -0.2) is 60.5 Å². The highest BCUT2D eigenvalue weighted by Crippen LogP contribution is 2.30. The van der Waals surface area contributed by atoms with Gasteiger partial charge in [-0.3, -0.25) is 9.69 Å². The van der Waals surface area contributed by atoms with Crippen molar-refractivity contribution in [2.75, 3.05) is 32.7 Å². The van der Waals surface area contributed by atoms with E-state index in [1.54, 1.807) is 6.92 Å². The molecular formula is C17H33N3O. The summed E-state index contributed by atoms with van der Waals surface area (Å²) >= 11 is 0. The first-order valence-electron chi connectivity index (χ1n) is 8.81. The van der Waals surface area contributed by atoms with Crippen molar-refractivity contribution in [1.29, 1.82) is 0 Å². The number of nitrogens with zero attached hydrogens (tertiary/aromatic N) is 2. The first-order valence-corrected chi connectivity index (χ1v) is 8.81. The summed E-state index contributed by atoms with van der Waals surface area (Å²) in [6.07, 6.45) is 6.83. The Morgan fingerprint density at radius 1 is 1.19 bits per heavy atom. The van der Waals surface area contributed by atoms with E-state index in [9.17, 15) is 4.79 Å². The van der Waals surface area contributed by atoms with Gasteiger partial charge in [-0.05, 0) is 32.6 Å². The molecule has 1 amide bonds. The molecule has 0 aromatic heterocycles. The molecule has 1 N–H and O–H groups in total. The van der Waals surface area contributed by atoms with Gasteiger partial charge in [0, 0.05) is 51.7 Å². The first kappa shape index (κ1) is 16.8. The van der Waals surface area contributed by atoms with Gasteiger partial charge in [-0.25, -0.2) is 0 Å². The molecular weight excluding hydrogens is 262 g/mol. The minimum absolute atomic E-state index is 0.223. The third-order valence-electron chi connectivity index (χ3n) is 5.23. The van der Waals surface area contributed by atoms with E-state index in [0.29, 0.717) is 12.1 Å². The van der Waals surface area contributed by atoms with Crippen molar-refractivity contribution in [1.82, 2.24) is 15.1 Å². The highest BCUT2D eigenvalue weighted by atomic mass is 16.2. The van der Waals surface area contributed by atoms with Gasteiger partial charge in [-0.15, -0.1) is 0 Å². The summed E-state index contributed by atoms with van der Waals surface area (Å²) < 4.78 is 0. The lowest BCUT2D eigenvalue weighted by atomic mass is 9.82. The summed E-state index contributed by atoms with van der Waals surface area (Å²) in [7, 11) is 0. The molecule has 122 valence electrons. The molecule has 21 heavy (non-hydrogen) atoms. The van der Waals surface area contributed by atoms with Crippen LogP contribution < -0.4 is 5.32 Å². The molecule has 1 aliphatic heterocycles. The second-order valence-electron chi connectivity index (χ2n) is 7.02. The number of hydrogen-bond acceptors (Lipinski definition) is 3. The SMILES string of the molecule is CC(=O)N(CC(C1CCCCC1)N1CCNCC1)C(C)C. The lowest BCUT2D eigenvalue weighted by Crippen LogP contribution is -2.56.